The summed E-state index contributed by atoms with van der Waals surface area (Å²) in [6.07, 6.45) is 1.77. The van der Waals surface area contributed by atoms with E-state index in [1.165, 1.54) is 22.8 Å². The molecular formula is C15H16N2O4. The third kappa shape index (κ3) is 2.65. The van der Waals surface area contributed by atoms with Crippen LogP contribution in [0.15, 0.2) is 39.4 Å². The van der Waals surface area contributed by atoms with E-state index in [9.17, 15) is 14.4 Å². The number of nitrogens with zero attached hydrogens (tertiary/aromatic N) is 2. The SMILES string of the molecule is CC(C)=CCn1c(=O)c2cc(C(=O)O)ccc2n(C)c1=O. The Bertz CT molecular complexity index is 868. The summed E-state index contributed by atoms with van der Waals surface area (Å²) in [5, 5.41) is 9.24. The second kappa shape index (κ2) is 5.40. The number of aryl methyl sites for hydroxylation is 1. The van der Waals surface area contributed by atoms with Crippen molar-refractivity contribution in [2.24, 2.45) is 7.05 Å². The number of rotatable bonds is 3. The molecule has 110 valence electrons. The van der Waals surface area contributed by atoms with Gasteiger partial charge in [-0.2, -0.15) is 0 Å². The van der Waals surface area contributed by atoms with Gasteiger partial charge >= 0.3 is 11.7 Å². The molecular weight excluding hydrogens is 272 g/mol. The van der Waals surface area contributed by atoms with Crippen LogP contribution in [0.5, 0.6) is 0 Å². The van der Waals surface area contributed by atoms with E-state index >= 15 is 0 Å². The number of aromatic carboxylic acids is 1. The molecule has 0 bridgehead atoms. The molecule has 6 nitrogen and oxygen atoms in total. The molecule has 0 spiro atoms. The molecule has 0 aliphatic carbocycles. The molecule has 0 aliphatic heterocycles. The second-order valence-corrected chi connectivity index (χ2v) is 5.08. The number of benzene rings is 1. The normalized spacial score (nSPS) is 10.6. The molecule has 0 fully saturated rings. The predicted molar refractivity (Wildman–Crippen MR) is 79.8 cm³/mol. The van der Waals surface area contributed by atoms with Crippen LogP contribution in [0, 0.1) is 0 Å². The smallest absolute Gasteiger partial charge is 0.335 e. The molecule has 0 unspecified atom stereocenters. The van der Waals surface area contributed by atoms with E-state index in [4.69, 9.17) is 5.11 Å². The van der Waals surface area contributed by atoms with Gasteiger partial charge in [-0.25, -0.2) is 9.59 Å². The first-order valence-electron chi connectivity index (χ1n) is 6.43. The lowest BCUT2D eigenvalue weighted by molar-refractivity contribution is 0.0697. The molecule has 6 heteroatoms. The number of carbonyl (C=O) groups is 1. The average molecular weight is 288 g/mol. The van der Waals surface area contributed by atoms with Crippen LogP contribution in [-0.4, -0.2) is 20.2 Å². The summed E-state index contributed by atoms with van der Waals surface area (Å²) < 4.78 is 2.45. The molecule has 1 aromatic carbocycles. The molecule has 0 atom stereocenters. The zero-order valence-corrected chi connectivity index (χ0v) is 12.1. The standard InChI is InChI=1S/C15H16N2O4/c1-9(2)6-7-17-13(18)11-8-10(14(19)20)4-5-12(11)16(3)15(17)21/h4-6,8H,7H2,1-3H3,(H,19,20). The van der Waals surface area contributed by atoms with Gasteiger partial charge < -0.3 is 5.11 Å². The lowest BCUT2D eigenvalue weighted by Gasteiger charge is -2.10. The van der Waals surface area contributed by atoms with E-state index in [1.54, 1.807) is 13.1 Å². The van der Waals surface area contributed by atoms with Crippen LogP contribution in [0.25, 0.3) is 10.9 Å². The van der Waals surface area contributed by atoms with Crippen molar-refractivity contribution in [3.63, 3.8) is 0 Å². The third-order valence-electron chi connectivity index (χ3n) is 3.28. The van der Waals surface area contributed by atoms with Crippen molar-refractivity contribution in [3.05, 3.63) is 56.2 Å². The molecule has 0 saturated carbocycles. The Labute approximate surface area is 120 Å². The molecule has 0 radical (unpaired) electrons. The zero-order valence-electron chi connectivity index (χ0n) is 12.1. The largest absolute Gasteiger partial charge is 0.478 e. The Balaban J connectivity index is 2.82. The highest BCUT2D eigenvalue weighted by Crippen LogP contribution is 2.10. The van der Waals surface area contributed by atoms with E-state index in [0.717, 1.165) is 10.1 Å². The van der Waals surface area contributed by atoms with Crippen LogP contribution >= 0.6 is 0 Å². The second-order valence-electron chi connectivity index (χ2n) is 5.08. The minimum Gasteiger partial charge on any atom is -0.478 e. The van der Waals surface area contributed by atoms with Crippen molar-refractivity contribution >= 4 is 16.9 Å². The highest BCUT2D eigenvalue weighted by Gasteiger charge is 2.12. The molecule has 1 aromatic heterocycles. The van der Waals surface area contributed by atoms with E-state index in [1.807, 2.05) is 13.8 Å². The lowest BCUT2D eigenvalue weighted by Crippen LogP contribution is -2.38. The molecule has 0 saturated heterocycles. The molecule has 1 N–H and O–H groups in total. The third-order valence-corrected chi connectivity index (χ3v) is 3.28. The fourth-order valence-electron chi connectivity index (χ4n) is 2.08. The van der Waals surface area contributed by atoms with Crippen LogP contribution in [-0.2, 0) is 13.6 Å². The predicted octanol–water partition coefficient (Wildman–Crippen LogP) is 1.36. The maximum Gasteiger partial charge on any atom is 0.335 e. The molecule has 2 aromatic rings. The van der Waals surface area contributed by atoms with E-state index in [0.29, 0.717) is 5.52 Å². The number of hydrogen-bond acceptors (Lipinski definition) is 3. The van der Waals surface area contributed by atoms with Crippen LogP contribution < -0.4 is 11.2 Å². The average Bonchev–Trinajstić information content (AvgIpc) is 2.44. The van der Waals surface area contributed by atoms with Gasteiger partial charge in [0.05, 0.1) is 16.5 Å². The monoisotopic (exact) mass is 288 g/mol. The first kappa shape index (κ1) is 14.8. The highest BCUT2D eigenvalue weighted by molar-refractivity contribution is 5.93. The summed E-state index contributed by atoms with van der Waals surface area (Å²) >= 11 is 0. The van der Waals surface area contributed by atoms with Crippen molar-refractivity contribution in [2.75, 3.05) is 0 Å². The van der Waals surface area contributed by atoms with Crippen molar-refractivity contribution < 1.29 is 9.90 Å². The van der Waals surface area contributed by atoms with Crippen LogP contribution in [0.1, 0.15) is 24.2 Å². The number of aromatic nitrogens is 2. The van der Waals surface area contributed by atoms with Gasteiger partial charge in [0.15, 0.2) is 0 Å². The van der Waals surface area contributed by atoms with Crippen LogP contribution in [0.4, 0.5) is 0 Å². The Kier molecular flexibility index (Phi) is 3.80. The van der Waals surface area contributed by atoms with E-state index in [2.05, 4.69) is 0 Å². The molecule has 0 amide bonds. The van der Waals surface area contributed by atoms with Gasteiger partial charge in [0.2, 0.25) is 0 Å². The Morgan fingerprint density at radius 3 is 2.52 bits per heavy atom. The fourth-order valence-corrected chi connectivity index (χ4v) is 2.08. The molecule has 21 heavy (non-hydrogen) atoms. The van der Waals surface area contributed by atoms with E-state index < -0.39 is 17.2 Å². The van der Waals surface area contributed by atoms with Gasteiger partial charge in [-0.1, -0.05) is 11.6 Å². The first-order chi connectivity index (χ1) is 9.82. The number of fused-ring (bicyclic) bond motifs is 1. The van der Waals surface area contributed by atoms with Gasteiger partial charge in [-0.05, 0) is 32.0 Å². The van der Waals surface area contributed by atoms with Gasteiger partial charge in [-0.15, -0.1) is 0 Å². The summed E-state index contributed by atoms with van der Waals surface area (Å²) in [6, 6.07) is 4.16. The molecule has 1 heterocycles. The summed E-state index contributed by atoms with van der Waals surface area (Å²) in [5.41, 5.74) is 0.528. The first-order valence-corrected chi connectivity index (χ1v) is 6.43. The lowest BCUT2D eigenvalue weighted by atomic mass is 10.1. The molecule has 0 aliphatic rings. The summed E-state index contributed by atoms with van der Waals surface area (Å²) in [5.74, 6) is -1.11. The maximum atomic E-state index is 12.4. The van der Waals surface area contributed by atoms with Crippen LogP contribution in [0.2, 0.25) is 0 Å². The Hall–Kier alpha value is -2.63. The Morgan fingerprint density at radius 2 is 1.95 bits per heavy atom. The van der Waals surface area contributed by atoms with Gasteiger partial charge in [0.25, 0.3) is 5.56 Å². The van der Waals surface area contributed by atoms with Crippen molar-refractivity contribution in [3.8, 4) is 0 Å². The molecule has 2 rings (SSSR count). The van der Waals surface area contributed by atoms with Gasteiger partial charge in [0.1, 0.15) is 0 Å². The van der Waals surface area contributed by atoms with Gasteiger partial charge in [0, 0.05) is 13.6 Å². The van der Waals surface area contributed by atoms with Crippen molar-refractivity contribution in [1.29, 1.82) is 0 Å². The topological polar surface area (TPSA) is 81.3 Å². The summed E-state index contributed by atoms with van der Waals surface area (Å²) in [7, 11) is 1.56. The van der Waals surface area contributed by atoms with Crippen molar-refractivity contribution in [1.82, 2.24) is 9.13 Å². The van der Waals surface area contributed by atoms with Gasteiger partial charge in [-0.3, -0.25) is 13.9 Å². The summed E-state index contributed by atoms with van der Waals surface area (Å²) in [4.78, 5) is 35.7. The quantitative estimate of drug-likeness (QED) is 0.865. The Morgan fingerprint density at radius 1 is 1.29 bits per heavy atom. The number of carboxylic acid groups (broad SMARTS) is 1. The van der Waals surface area contributed by atoms with E-state index in [-0.39, 0.29) is 17.5 Å². The number of carboxylic acids is 1. The fraction of sp³-hybridized carbons (Fsp3) is 0.267. The highest BCUT2D eigenvalue weighted by atomic mass is 16.4. The number of hydrogen-bond donors (Lipinski definition) is 1. The summed E-state index contributed by atoms with van der Waals surface area (Å²) in [6.45, 7) is 3.92. The van der Waals surface area contributed by atoms with Crippen LogP contribution in [0.3, 0.4) is 0 Å². The maximum absolute atomic E-state index is 12.4. The number of allylic oxidation sites excluding steroid dienone is 2. The van der Waals surface area contributed by atoms with Crippen molar-refractivity contribution in [2.45, 2.75) is 20.4 Å². The zero-order chi connectivity index (χ0) is 15.7. The minimum atomic E-state index is -1.11. The minimum absolute atomic E-state index is 0.0204.